The minimum absolute atomic E-state index is 0.350. The average Bonchev–Trinajstić information content (AvgIpc) is 3.03. The van der Waals surface area contributed by atoms with E-state index in [-0.39, 0.29) is 5.91 Å². The molecule has 0 aliphatic rings. The monoisotopic (exact) mass is 414 g/mol. The number of imidazole rings is 1. The Morgan fingerprint density at radius 2 is 2.14 bits per heavy atom. The third-order valence-electron chi connectivity index (χ3n) is 4.08. The second kappa shape index (κ2) is 9.43. The van der Waals surface area contributed by atoms with E-state index >= 15 is 0 Å². The van der Waals surface area contributed by atoms with Crippen LogP contribution in [-0.2, 0) is 0 Å². The number of hydrogen-bond acceptors (Lipinski definition) is 5. The third kappa shape index (κ3) is 4.68. The van der Waals surface area contributed by atoms with Crippen LogP contribution in [0.3, 0.4) is 0 Å². The molecule has 8 heteroatoms. The number of carbonyl (C=O) groups excluding carboxylic acids is 1. The number of halogens is 1. The summed E-state index contributed by atoms with van der Waals surface area (Å²) in [6.07, 6.45) is 4.16. The molecule has 7 nitrogen and oxygen atoms in total. The summed E-state index contributed by atoms with van der Waals surface area (Å²) >= 11 is 6.35. The van der Waals surface area contributed by atoms with Gasteiger partial charge in [0.25, 0.3) is 5.91 Å². The van der Waals surface area contributed by atoms with Crippen molar-refractivity contribution < 1.29 is 14.3 Å². The molecule has 0 atom stereocenters. The lowest BCUT2D eigenvalue weighted by Gasteiger charge is -2.13. The summed E-state index contributed by atoms with van der Waals surface area (Å²) in [5.74, 6) is 0.702. The maximum absolute atomic E-state index is 12.6. The number of aromatic nitrogens is 2. The highest BCUT2D eigenvalue weighted by molar-refractivity contribution is 6.32. The average molecular weight is 415 g/mol. The van der Waals surface area contributed by atoms with E-state index in [1.54, 1.807) is 29.7 Å². The van der Waals surface area contributed by atoms with Gasteiger partial charge >= 0.3 is 0 Å². The highest BCUT2D eigenvalue weighted by Gasteiger charge is 2.16. The number of hydrogen-bond donors (Lipinski definition) is 1. The highest BCUT2D eigenvalue weighted by atomic mass is 35.5. The molecule has 1 N–H and O–H groups in total. The molecule has 1 aromatic carbocycles. The van der Waals surface area contributed by atoms with Crippen LogP contribution in [0.4, 0.5) is 0 Å². The molecule has 152 valence electrons. The Kier molecular flexibility index (Phi) is 6.72. The number of aryl methyl sites for hydroxylation is 1. The lowest BCUT2D eigenvalue weighted by atomic mass is 10.2. The molecule has 3 aromatic rings. The second-order valence-corrected chi connectivity index (χ2v) is 6.69. The topological polar surface area (TPSA) is 77.2 Å². The summed E-state index contributed by atoms with van der Waals surface area (Å²) < 4.78 is 13.1. The summed E-state index contributed by atoms with van der Waals surface area (Å²) in [6.45, 7) is 6.71. The van der Waals surface area contributed by atoms with Crippen molar-refractivity contribution in [1.82, 2.24) is 14.8 Å². The van der Waals surface area contributed by atoms with Gasteiger partial charge in [-0.2, -0.15) is 5.10 Å². The Morgan fingerprint density at radius 3 is 2.90 bits per heavy atom. The molecule has 0 fully saturated rings. The Balaban J connectivity index is 1.79. The number of fused-ring (bicyclic) bond motifs is 1. The minimum atomic E-state index is -0.350. The smallest absolute Gasteiger partial charge is 0.290 e. The number of carbonyl (C=O) groups is 1. The van der Waals surface area contributed by atoms with Crippen molar-refractivity contribution >= 4 is 29.4 Å². The van der Waals surface area contributed by atoms with Crippen molar-refractivity contribution in [1.29, 1.82) is 0 Å². The fourth-order valence-electron chi connectivity index (χ4n) is 2.88. The molecule has 0 bridgehead atoms. The predicted molar refractivity (Wildman–Crippen MR) is 113 cm³/mol. The molecule has 0 saturated heterocycles. The van der Waals surface area contributed by atoms with Crippen LogP contribution < -0.4 is 14.9 Å². The highest BCUT2D eigenvalue weighted by Crippen LogP contribution is 2.36. The van der Waals surface area contributed by atoms with E-state index in [0.29, 0.717) is 52.3 Å². The number of amides is 1. The molecule has 1 amide bonds. The SMILES string of the molecule is CCCOc1c(Cl)cc(/C=N\NC(=O)c2c(C)nc3ccccn23)cc1OCC. The van der Waals surface area contributed by atoms with E-state index in [9.17, 15) is 4.79 Å². The first kappa shape index (κ1) is 20.7. The summed E-state index contributed by atoms with van der Waals surface area (Å²) in [5, 5.41) is 4.48. The number of ether oxygens (including phenoxy) is 2. The lowest BCUT2D eigenvalue weighted by Crippen LogP contribution is -2.20. The molecular weight excluding hydrogens is 392 g/mol. The van der Waals surface area contributed by atoms with E-state index < -0.39 is 0 Å². The molecule has 29 heavy (non-hydrogen) atoms. The zero-order chi connectivity index (χ0) is 20.8. The largest absolute Gasteiger partial charge is 0.490 e. The molecule has 2 aromatic heterocycles. The van der Waals surface area contributed by atoms with Crippen LogP contribution in [0.5, 0.6) is 11.5 Å². The Morgan fingerprint density at radius 1 is 1.31 bits per heavy atom. The van der Waals surface area contributed by atoms with Crippen molar-refractivity contribution in [3.8, 4) is 11.5 Å². The first-order valence-electron chi connectivity index (χ1n) is 9.41. The second-order valence-electron chi connectivity index (χ2n) is 6.29. The fraction of sp³-hybridized carbons (Fsp3) is 0.286. The van der Waals surface area contributed by atoms with E-state index in [4.69, 9.17) is 21.1 Å². The zero-order valence-corrected chi connectivity index (χ0v) is 17.4. The molecule has 0 aliphatic carbocycles. The first-order chi connectivity index (χ1) is 14.0. The molecule has 0 spiro atoms. The van der Waals surface area contributed by atoms with Crippen LogP contribution in [0, 0.1) is 6.92 Å². The Labute approximate surface area is 174 Å². The van der Waals surface area contributed by atoms with Crippen LogP contribution >= 0.6 is 11.6 Å². The fourth-order valence-corrected chi connectivity index (χ4v) is 3.15. The summed E-state index contributed by atoms with van der Waals surface area (Å²) in [4.78, 5) is 17.0. The zero-order valence-electron chi connectivity index (χ0n) is 16.6. The molecule has 0 aliphatic heterocycles. The van der Waals surface area contributed by atoms with Gasteiger partial charge in [0.2, 0.25) is 0 Å². The van der Waals surface area contributed by atoms with Crippen LogP contribution in [0.15, 0.2) is 41.6 Å². The van der Waals surface area contributed by atoms with E-state index in [0.717, 1.165) is 6.42 Å². The van der Waals surface area contributed by atoms with Gasteiger partial charge in [-0.15, -0.1) is 0 Å². The van der Waals surface area contributed by atoms with Gasteiger partial charge in [0.1, 0.15) is 11.3 Å². The van der Waals surface area contributed by atoms with Gasteiger partial charge in [0.05, 0.1) is 30.1 Å². The number of nitrogens with one attached hydrogen (secondary N) is 1. The van der Waals surface area contributed by atoms with Crippen molar-refractivity contribution in [2.24, 2.45) is 5.10 Å². The molecule has 2 heterocycles. The van der Waals surface area contributed by atoms with Crippen LogP contribution in [0.25, 0.3) is 5.65 Å². The van der Waals surface area contributed by atoms with Crippen molar-refractivity contribution in [3.63, 3.8) is 0 Å². The van der Waals surface area contributed by atoms with E-state index in [1.807, 2.05) is 32.0 Å². The van der Waals surface area contributed by atoms with Gasteiger partial charge < -0.3 is 9.47 Å². The molecule has 0 radical (unpaired) electrons. The molecule has 3 rings (SSSR count). The maximum atomic E-state index is 12.6. The van der Waals surface area contributed by atoms with Crippen LogP contribution in [-0.4, -0.2) is 34.7 Å². The van der Waals surface area contributed by atoms with Gasteiger partial charge in [0.15, 0.2) is 11.5 Å². The van der Waals surface area contributed by atoms with Gasteiger partial charge in [0, 0.05) is 6.20 Å². The number of nitrogens with zero attached hydrogens (tertiary/aromatic N) is 3. The Bertz CT molecular complexity index is 1050. The molecule has 0 unspecified atom stereocenters. The number of benzene rings is 1. The summed E-state index contributed by atoms with van der Waals surface area (Å²) in [5.41, 5.74) is 4.99. The van der Waals surface area contributed by atoms with Gasteiger partial charge in [-0.3, -0.25) is 9.20 Å². The van der Waals surface area contributed by atoms with Gasteiger partial charge in [-0.05, 0) is 50.1 Å². The number of pyridine rings is 1. The Hall–Kier alpha value is -3.06. The van der Waals surface area contributed by atoms with Crippen molar-refractivity contribution in [3.05, 3.63) is 58.5 Å². The standard InChI is InChI=1S/C21H23ClN4O3/c1-4-10-29-20-16(22)11-15(12-17(20)28-5-2)13-23-25-21(27)19-14(3)24-18-8-6-7-9-26(18)19/h6-9,11-13H,4-5,10H2,1-3H3,(H,25,27)/b23-13-. The normalized spacial score (nSPS) is 11.2. The predicted octanol–water partition coefficient (Wildman–Crippen LogP) is 4.25. The molecule has 0 saturated carbocycles. The summed E-state index contributed by atoms with van der Waals surface area (Å²) in [6, 6.07) is 9.04. The minimum Gasteiger partial charge on any atom is -0.490 e. The molecular formula is C21H23ClN4O3. The lowest BCUT2D eigenvalue weighted by molar-refractivity contribution is 0.0948. The van der Waals surface area contributed by atoms with Gasteiger partial charge in [-0.25, -0.2) is 10.4 Å². The van der Waals surface area contributed by atoms with Crippen molar-refractivity contribution in [2.75, 3.05) is 13.2 Å². The quantitative estimate of drug-likeness (QED) is 0.441. The van der Waals surface area contributed by atoms with Crippen LogP contribution in [0.2, 0.25) is 5.02 Å². The van der Waals surface area contributed by atoms with Crippen LogP contribution in [0.1, 0.15) is 42.0 Å². The van der Waals surface area contributed by atoms with E-state index in [1.165, 1.54) is 6.21 Å². The van der Waals surface area contributed by atoms with Gasteiger partial charge in [-0.1, -0.05) is 24.6 Å². The number of hydrazone groups is 1. The van der Waals surface area contributed by atoms with Crippen molar-refractivity contribution in [2.45, 2.75) is 27.2 Å². The van der Waals surface area contributed by atoms with E-state index in [2.05, 4.69) is 15.5 Å². The maximum Gasteiger partial charge on any atom is 0.290 e. The number of rotatable bonds is 8. The summed E-state index contributed by atoms with van der Waals surface area (Å²) in [7, 11) is 0. The first-order valence-corrected chi connectivity index (χ1v) is 9.79. The third-order valence-corrected chi connectivity index (χ3v) is 4.36.